The van der Waals surface area contributed by atoms with Gasteiger partial charge >= 0.3 is 0 Å². The first-order valence-corrected chi connectivity index (χ1v) is 8.36. The van der Waals surface area contributed by atoms with Crippen molar-refractivity contribution in [1.82, 2.24) is 0 Å². The number of anilines is 2. The van der Waals surface area contributed by atoms with E-state index in [0.717, 1.165) is 0 Å². The van der Waals surface area contributed by atoms with Crippen LogP contribution >= 0.6 is 23.2 Å². The molecule has 2 aromatic rings. The highest BCUT2D eigenvalue weighted by molar-refractivity contribution is 6.35. The predicted octanol–water partition coefficient (Wildman–Crippen LogP) is 4.00. The van der Waals surface area contributed by atoms with Crippen LogP contribution in [0.25, 0.3) is 0 Å². The van der Waals surface area contributed by atoms with E-state index in [9.17, 15) is 9.59 Å². The van der Waals surface area contributed by atoms with Crippen molar-refractivity contribution in [2.45, 2.75) is 6.92 Å². The molecule has 6 nitrogen and oxygen atoms in total. The molecular formula is C18H18Cl2N2O4. The summed E-state index contributed by atoms with van der Waals surface area (Å²) in [6, 6.07) is 9.68. The van der Waals surface area contributed by atoms with Crippen LogP contribution in [-0.4, -0.2) is 32.6 Å². The lowest BCUT2D eigenvalue weighted by molar-refractivity contribution is -0.120. The normalized spacial score (nSPS) is 10.2. The summed E-state index contributed by atoms with van der Waals surface area (Å²) in [7, 11) is 3.03. The number of hydrogen-bond donors (Lipinski definition) is 1. The molecule has 0 aliphatic carbocycles. The number of carbonyl (C=O) groups excluding carboxylic acids is 2. The molecule has 0 aliphatic heterocycles. The largest absolute Gasteiger partial charge is 0.493 e. The monoisotopic (exact) mass is 396 g/mol. The van der Waals surface area contributed by atoms with Gasteiger partial charge < -0.3 is 19.7 Å². The third-order valence-corrected chi connectivity index (χ3v) is 4.10. The number of ether oxygens (including phenoxy) is 2. The van der Waals surface area contributed by atoms with E-state index in [1.165, 1.54) is 32.1 Å². The molecule has 0 unspecified atom stereocenters. The Labute approximate surface area is 161 Å². The van der Waals surface area contributed by atoms with E-state index in [-0.39, 0.29) is 12.5 Å². The van der Waals surface area contributed by atoms with Crippen LogP contribution < -0.4 is 19.7 Å². The van der Waals surface area contributed by atoms with Crippen LogP contribution in [0, 0.1) is 0 Å². The summed E-state index contributed by atoms with van der Waals surface area (Å²) in [5.74, 6) is 0.285. The minimum Gasteiger partial charge on any atom is -0.493 e. The molecule has 138 valence electrons. The van der Waals surface area contributed by atoms with Gasteiger partial charge in [0.1, 0.15) is 6.54 Å². The highest BCUT2D eigenvalue weighted by Gasteiger charge is 2.19. The maximum atomic E-state index is 12.4. The zero-order valence-electron chi connectivity index (χ0n) is 14.5. The smallest absolute Gasteiger partial charge is 0.244 e. The fourth-order valence-corrected chi connectivity index (χ4v) is 2.70. The van der Waals surface area contributed by atoms with Crippen LogP contribution in [0.1, 0.15) is 6.92 Å². The van der Waals surface area contributed by atoms with Gasteiger partial charge in [0.15, 0.2) is 11.5 Å². The van der Waals surface area contributed by atoms with Crippen molar-refractivity contribution in [1.29, 1.82) is 0 Å². The Morgan fingerprint density at radius 3 is 2.35 bits per heavy atom. The van der Waals surface area contributed by atoms with Gasteiger partial charge in [-0.05, 0) is 30.3 Å². The topological polar surface area (TPSA) is 67.9 Å². The first-order valence-electron chi connectivity index (χ1n) is 7.60. The molecule has 0 bridgehead atoms. The highest BCUT2D eigenvalue weighted by atomic mass is 35.5. The minimum atomic E-state index is -0.400. The van der Waals surface area contributed by atoms with Gasteiger partial charge in [0, 0.05) is 23.7 Å². The zero-order chi connectivity index (χ0) is 19.3. The molecule has 0 atom stereocenters. The van der Waals surface area contributed by atoms with Crippen LogP contribution in [0.5, 0.6) is 11.5 Å². The van der Waals surface area contributed by atoms with E-state index in [0.29, 0.717) is 32.9 Å². The van der Waals surface area contributed by atoms with Gasteiger partial charge in [-0.3, -0.25) is 9.59 Å². The Hall–Kier alpha value is -2.44. The third-order valence-electron chi connectivity index (χ3n) is 3.55. The van der Waals surface area contributed by atoms with E-state index >= 15 is 0 Å². The first kappa shape index (κ1) is 19.9. The molecule has 8 heteroatoms. The second-order valence-electron chi connectivity index (χ2n) is 5.32. The molecule has 0 spiro atoms. The van der Waals surface area contributed by atoms with Crippen molar-refractivity contribution in [3.63, 3.8) is 0 Å². The number of nitrogens with zero attached hydrogens (tertiary/aromatic N) is 1. The van der Waals surface area contributed by atoms with Gasteiger partial charge in [0.05, 0.1) is 24.9 Å². The van der Waals surface area contributed by atoms with Gasteiger partial charge in [-0.2, -0.15) is 0 Å². The molecule has 26 heavy (non-hydrogen) atoms. The van der Waals surface area contributed by atoms with E-state index in [2.05, 4.69) is 5.32 Å². The van der Waals surface area contributed by atoms with Crippen LogP contribution in [0.15, 0.2) is 36.4 Å². The Balaban J connectivity index is 2.18. The summed E-state index contributed by atoms with van der Waals surface area (Å²) in [5.41, 5.74) is 0.877. The number of methoxy groups -OCH3 is 2. The Morgan fingerprint density at radius 1 is 1.04 bits per heavy atom. The number of hydrogen-bond acceptors (Lipinski definition) is 4. The SMILES string of the molecule is COc1ccc(NC(=O)CN(C(C)=O)c2cc(Cl)ccc2Cl)cc1OC. The lowest BCUT2D eigenvalue weighted by Gasteiger charge is -2.22. The Kier molecular flexibility index (Phi) is 6.71. The van der Waals surface area contributed by atoms with Crippen molar-refractivity contribution in [2.24, 2.45) is 0 Å². The summed E-state index contributed by atoms with van der Waals surface area (Å²) in [6.45, 7) is 1.13. The van der Waals surface area contributed by atoms with Gasteiger partial charge in [-0.1, -0.05) is 23.2 Å². The summed E-state index contributed by atoms with van der Waals surface area (Å²) in [5, 5.41) is 3.45. The Morgan fingerprint density at radius 2 is 1.73 bits per heavy atom. The maximum Gasteiger partial charge on any atom is 0.244 e. The number of amides is 2. The average molecular weight is 397 g/mol. The van der Waals surface area contributed by atoms with Gasteiger partial charge in [-0.15, -0.1) is 0 Å². The average Bonchev–Trinajstić information content (AvgIpc) is 2.61. The zero-order valence-corrected chi connectivity index (χ0v) is 16.0. The third kappa shape index (κ3) is 4.80. The second kappa shape index (κ2) is 8.78. The van der Waals surface area contributed by atoms with Crippen LogP contribution in [0.3, 0.4) is 0 Å². The quantitative estimate of drug-likeness (QED) is 0.800. The predicted molar refractivity (Wildman–Crippen MR) is 103 cm³/mol. The molecule has 0 saturated carbocycles. The fraction of sp³-hybridized carbons (Fsp3) is 0.222. The molecular weight excluding hydrogens is 379 g/mol. The standard InChI is InChI=1S/C18H18Cl2N2O4/c1-11(23)22(15-8-12(19)4-6-14(15)20)10-18(24)21-13-5-7-16(25-2)17(9-13)26-3/h4-9H,10H2,1-3H3,(H,21,24). The van der Waals surface area contributed by atoms with Crippen LogP contribution in [0.2, 0.25) is 10.0 Å². The van der Waals surface area contributed by atoms with E-state index in [1.807, 2.05) is 0 Å². The van der Waals surface area contributed by atoms with Gasteiger partial charge in [0.25, 0.3) is 0 Å². The molecule has 1 N–H and O–H groups in total. The number of halogens is 2. The van der Waals surface area contributed by atoms with Crippen molar-refractivity contribution in [3.8, 4) is 11.5 Å². The van der Waals surface area contributed by atoms with E-state index in [1.54, 1.807) is 30.3 Å². The van der Waals surface area contributed by atoms with E-state index < -0.39 is 5.91 Å². The van der Waals surface area contributed by atoms with E-state index in [4.69, 9.17) is 32.7 Å². The molecule has 2 amide bonds. The molecule has 0 fully saturated rings. The van der Waals surface area contributed by atoms with Gasteiger partial charge in [0.2, 0.25) is 11.8 Å². The molecule has 2 aromatic carbocycles. The molecule has 0 radical (unpaired) electrons. The maximum absolute atomic E-state index is 12.4. The Bertz CT molecular complexity index is 827. The fourth-order valence-electron chi connectivity index (χ4n) is 2.32. The van der Waals surface area contributed by atoms with Gasteiger partial charge in [-0.25, -0.2) is 0 Å². The number of rotatable bonds is 6. The highest BCUT2D eigenvalue weighted by Crippen LogP contribution is 2.31. The van der Waals surface area contributed by atoms with Crippen molar-refractivity contribution in [3.05, 3.63) is 46.4 Å². The number of carbonyl (C=O) groups is 2. The number of benzene rings is 2. The van der Waals surface area contributed by atoms with Crippen molar-refractivity contribution >= 4 is 46.4 Å². The lowest BCUT2D eigenvalue weighted by Crippen LogP contribution is -2.36. The molecule has 0 heterocycles. The lowest BCUT2D eigenvalue weighted by atomic mass is 10.2. The summed E-state index contributed by atoms with van der Waals surface area (Å²) in [4.78, 5) is 25.6. The van der Waals surface area contributed by atoms with Crippen LogP contribution in [-0.2, 0) is 9.59 Å². The van der Waals surface area contributed by atoms with Crippen LogP contribution in [0.4, 0.5) is 11.4 Å². The van der Waals surface area contributed by atoms with Crippen molar-refractivity contribution < 1.29 is 19.1 Å². The summed E-state index contributed by atoms with van der Waals surface area (Å²) < 4.78 is 10.4. The first-order chi connectivity index (χ1) is 12.3. The molecule has 0 aliphatic rings. The molecule has 2 rings (SSSR count). The molecule has 0 saturated heterocycles. The summed E-state index contributed by atoms with van der Waals surface area (Å²) in [6.07, 6.45) is 0. The number of nitrogens with one attached hydrogen (secondary N) is 1. The summed E-state index contributed by atoms with van der Waals surface area (Å²) >= 11 is 12.1. The van der Waals surface area contributed by atoms with Crippen molar-refractivity contribution in [2.75, 3.05) is 31.0 Å². The second-order valence-corrected chi connectivity index (χ2v) is 6.16. The molecule has 0 aromatic heterocycles. The minimum absolute atomic E-state index is 0.219.